The Morgan fingerprint density at radius 1 is 0.465 bits per heavy atom. The van der Waals surface area contributed by atoms with Crippen LogP contribution in [-0.2, 0) is 28.7 Å². The van der Waals surface area contributed by atoms with E-state index in [9.17, 15) is 19.2 Å². The van der Waals surface area contributed by atoms with Crippen molar-refractivity contribution in [1.29, 1.82) is 0 Å². The third kappa shape index (κ3) is 24.9. The molecule has 0 aromatic carbocycles. The molecule has 0 aliphatic heterocycles. The summed E-state index contributed by atoms with van der Waals surface area (Å²) in [7, 11) is 0. The maximum Gasteiger partial charge on any atom is 0.248 e. The van der Waals surface area contributed by atoms with E-state index in [0.717, 1.165) is 116 Å². The zero-order chi connectivity index (χ0) is 32.0. The normalized spacial score (nSPS) is 10.9. The second kappa shape index (κ2) is 29.8. The van der Waals surface area contributed by atoms with Gasteiger partial charge in [0.25, 0.3) is 0 Å². The summed E-state index contributed by atoms with van der Waals surface area (Å²) in [4.78, 5) is 51.7. The van der Waals surface area contributed by atoms with Gasteiger partial charge < -0.3 is 35.2 Å². The molecule has 0 atom stereocenters. The Bertz CT molecular complexity index is 654. The molecule has 0 aromatic heterocycles. The summed E-state index contributed by atoms with van der Waals surface area (Å²) >= 11 is 0. The molecular weight excluding hydrogens is 550 g/mol. The van der Waals surface area contributed by atoms with Gasteiger partial charge in [0.05, 0.1) is 0 Å². The van der Waals surface area contributed by atoms with Crippen molar-refractivity contribution in [2.75, 3.05) is 78.8 Å². The molecule has 11 heteroatoms. The van der Waals surface area contributed by atoms with E-state index >= 15 is 0 Å². The molecule has 252 valence electrons. The highest BCUT2D eigenvalue weighted by atomic mass is 16.5. The molecular formula is C32H63N5O6. The fourth-order valence-electron chi connectivity index (χ4n) is 4.59. The van der Waals surface area contributed by atoms with E-state index in [4.69, 9.17) is 9.47 Å². The van der Waals surface area contributed by atoms with Crippen LogP contribution in [0.1, 0.15) is 105 Å². The van der Waals surface area contributed by atoms with Crippen molar-refractivity contribution in [1.82, 2.24) is 25.8 Å². The molecule has 0 saturated heterocycles. The smallest absolute Gasteiger partial charge is 0.248 e. The lowest BCUT2D eigenvalue weighted by molar-refractivity contribution is -0.139. The molecule has 0 fully saturated rings. The summed E-state index contributed by atoms with van der Waals surface area (Å²) in [5.41, 5.74) is 0. The molecule has 0 unspecified atom stereocenters. The highest BCUT2D eigenvalue weighted by molar-refractivity contribution is 5.80. The van der Waals surface area contributed by atoms with Crippen molar-refractivity contribution in [2.45, 2.75) is 105 Å². The minimum Gasteiger partial charge on any atom is -0.362 e. The topological polar surface area (TPSA) is 129 Å². The van der Waals surface area contributed by atoms with Crippen LogP contribution in [0.3, 0.4) is 0 Å². The SMILES string of the molecule is CCCN(CCC)C(=O)COCC(=O)NCCCCCCNCCCCCCNC(=O)COCC(=O)N(CCC)CCC. The minimum atomic E-state index is -0.173. The van der Waals surface area contributed by atoms with Crippen LogP contribution in [0.4, 0.5) is 0 Å². The zero-order valence-corrected chi connectivity index (χ0v) is 27.8. The van der Waals surface area contributed by atoms with Gasteiger partial charge in [-0.2, -0.15) is 0 Å². The monoisotopic (exact) mass is 613 g/mol. The van der Waals surface area contributed by atoms with E-state index in [-0.39, 0.29) is 50.1 Å². The molecule has 0 heterocycles. The maximum atomic E-state index is 12.1. The number of unbranched alkanes of at least 4 members (excludes halogenated alkanes) is 6. The van der Waals surface area contributed by atoms with Crippen LogP contribution in [0.25, 0.3) is 0 Å². The fourth-order valence-corrected chi connectivity index (χ4v) is 4.59. The molecule has 0 aliphatic carbocycles. The Hall–Kier alpha value is -2.24. The first-order valence-corrected chi connectivity index (χ1v) is 16.8. The summed E-state index contributed by atoms with van der Waals surface area (Å²) < 4.78 is 10.6. The predicted octanol–water partition coefficient (Wildman–Crippen LogP) is 3.26. The van der Waals surface area contributed by atoms with Gasteiger partial charge in [0.1, 0.15) is 26.4 Å². The number of nitrogens with zero attached hydrogens (tertiary/aromatic N) is 2. The van der Waals surface area contributed by atoms with Crippen LogP contribution in [-0.4, -0.2) is 112 Å². The summed E-state index contributed by atoms with van der Waals surface area (Å²) in [6, 6.07) is 0. The molecule has 0 aromatic rings. The Morgan fingerprint density at radius 2 is 0.791 bits per heavy atom. The van der Waals surface area contributed by atoms with E-state index in [2.05, 4.69) is 16.0 Å². The minimum absolute atomic E-state index is 0.0444. The van der Waals surface area contributed by atoms with E-state index in [1.54, 1.807) is 9.80 Å². The second-order valence-corrected chi connectivity index (χ2v) is 11.0. The highest BCUT2D eigenvalue weighted by Crippen LogP contribution is 2.01. The van der Waals surface area contributed by atoms with Crippen molar-refractivity contribution in [3.05, 3.63) is 0 Å². The van der Waals surface area contributed by atoms with Crippen LogP contribution < -0.4 is 16.0 Å². The largest absolute Gasteiger partial charge is 0.362 e. The van der Waals surface area contributed by atoms with E-state index in [1.807, 2.05) is 27.7 Å². The Kier molecular flexibility index (Phi) is 28.3. The van der Waals surface area contributed by atoms with Gasteiger partial charge in [-0.05, 0) is 64.5 Å². The van der Waals surface area contributed by atoms with Gasteiger partial charge in [0, 0.05) is 39.3 Å². The molecule has 11 nitrogen and oxygen atoms in total. The van der Waals surface area contributed by atoms with Crippen molar-refractivity contribution < 1.29 is 28.7 Å². The Balaban J connectivity index is 3.50. The van der Waals surface area contributed by atoms with Crippen LogP contribution in [0.5, 0.6) is 0 Å². The second-order valence-electron chi connectivity index (χ2n) is 11.0. The van der Waals surface area contributed by atoms with Crippen molar-refractivity contribution in [3.8, 4) is 0 Å². The average Bonchev–Trinajstić information content (AvgIpc) is 2.98. The van der Waals surface area contributed by atoms with Crippen LogP contribution in [0.2, 0.25) is 0 Å². The number of amides is 4. The molecule has 3 N–H and O–H groups in total. The van der Waals surface area contributed by atoms with E-state index < -0.39 is 0 Å². The Labute approximate surface area is 261 Å². The molecule has 4 amide bonds. The average molecular weight is 614 g/mol. The zero-order valence-electron chi connectivity index (χ0n) is 27.8. The van der Waals surface area contributed by atoms with Crippen molar-refractivity contribution in [3.63, 3.8) is 0 Å². The molecule has 0 aliphatic rings. The first-order chi connectivity index (χ1) is 20.9. The fraction of sp³-hybridized carbons (Fsp3) is 0.875. The molecule has 0 spiro atoms. The lowest BCUT2D eigenvalue weighted by Gasteiger charge is -2.21. The van der Waals surface area contributed by atoms with Gasteiger partial charge in [0.2, 0.25) is 23.6 Å². The third-order valence-corrected chi connectivity index (χ3v) is 6.80. The molecule has 0 rings (SSSR count). The summed E-state index contributed by atoms with van der Waals surface area (Å²) in [6.07, 6.45) is 12.1. The van der Waals surface area contributed by atoms with Gasteiger partial charge in [0.15, 0.2) is 0 Å². The standard InChI is InChI=1S/C32H63N5O6/c1-5-21-36(22-6-2)31(40)27-42-25-29(38)34-19-15-11-9-13-17-33-18-14-10-12-16-20-35-30(39)26-43-28-32(41)37(23-7-3)24-8-4/h33H,5-28H2,1-4H3,(H,34,38)(H,35,39). The lowest BCUT2D eigenvalue weighted by atomic mass is 10.2. The van der Waals surface area contributed by atoms with E-state index in [1.165, 1.54) is 0 Å². The van der Waals surface area contributed by atoms with E-state index in [0.29, 0.717) is 13.1 Å². The van der Waals surface area contributed by atoms with Crippen molar-refractivity contribution >= 4 is 23.6 Å². The van der Waals surface area contributed by atoms with Gasteiger partial charge in [-0.15, -0.1) is 0 Å². The van der Waals surface area contributed by atoms with Crippen LogP contribution in [0, 0.1) is 0 Å². The number of hydrogen-bond acceptors (Lipinski definition) is 7. The number of carbonyl (C=O) groups is 4. The number of carbonyl (C=O) groups excluding carboxylic acids is 4. The molecule has 0 radical (unpaired) electrons. The number of ether oxygens (including phenoxy) is 2. The Morgan fingerprint density at radius 3 is 1.12 bits per heavy atom. The number of rotatable bonds is 30. The quantitative estimate of drug-likeness (QED) is 0.106. The van der Waals surface area contributed by atoms with Gasteiger partial charge >= 0.3 is 0 Å². The molecule has 0 saturated carbocycles. The first kappa shape index (κ1) is 40.8. The maximum absolute atomic E-state index is 12.1. The first-order valence-electron chi connectivity index (χ1n) is 16.8. The number of hydrogen-bond donors (Lipinski definition) is 3. The lowest BCUT2D eigenvalue weighted by Crippen LogP contribution is -2.36. The molecule has 0 bridgehead atoms. The van der Waals surface area contributed by atoms with Gasteiger partial charge in [-0.3, -0.25) is 19.2 Å². The highest BCUT2D eigenvalue weighted by Gasteiger charge is 2.13. The molecule has 43 heavy (non-hydrogen) atoms. The van der Waals surface area contributed by atoms with Gasteiger partial charge in [-0.1, -0.05) is 53.4 Å². The summed E-state index contributed by atoms with van der Waals surface area (Å²) in [6.45, 7) is 14.1. The van der Waals surface area contributed by atoms with Crippen LogP contribution in [0.15, 0.2) is 0 Å². The van der Waals surface area contributed by atoms with Crippen LogP contribution >= 0.6 is 0 Å². The summed E-state index contributed by atoms with van der Waals surface area (Å²) in [5, 5.41) is 9.20. The van der Waals surface area contributed by atoms with Crippen molar-refractivity contribution in [2.24, 2.45) is 0 Å². The van der Waals surface area contributed by atoms with Gasteiger partial charge in [-0.25, -0.2) is 0 Å². The third-order valence-electron chi connectivity index (χ3n) is 6.80. The number of nitrogens with one attached hydrogen (secondary N) is 3. The summed E-state index contributed by atoms with van der Waals surface area (Å²) in [5.74, 6) is -0.456. The predicted molar refractivity (Wildman–Crippen MR) is 172 cm³/mol.